The number of nitrogens with one attached hydrogen (secondary N) is 1. The molecular weight excluding hydrogens is 324 g/mol. The maximum atomic E-state index is 12.1. The van der Waals surface area contributed by atoms with E-state index in [1.807, 2.05) is 68.4 Å². The number of hydrogen-bond donors (Lipinski definition) is 1. The van der Waals surface area contributed by atoms with Crippen molar-refractivity contribution in [1.82, 2.24) is 4.98 Å². The van der Waals surface area contributed by atoms with Gasteiger partial charge in [0, 0.05) is 18.1 Å². The number of aryl methyl sites for hydroxylation is 2. The quantitative estimate of drug-likeness (QED) is 0.724. The minimum Gasteiger partial charge on any atom is -0.483 e. The maximum absolute atomic E-state index is 12.1. The Morgan fingerprint density at radius 2 is 1.65 bits per heavy atom. The molecule has 0 unspecified atom stereocenters. The lowest BCUT2D eigenvalue weighted by Gasteiger charge is -2.10. The Hall–Kier alpha value is -3.14. The van der Waals surface area contributed by atoms with Crippen molar-refractivity contribution < 1.29 is 9.53 Å². The molecule has 1 heterocycles. The normalized spacial score (nSPS) is 10.4. The summed E-state index contributed by atoms with van der Waals surface area (Å²) in [5, 5.41) is 2.86. The van der Waals surface area contributed by atoms with Crippen molar-refractivity contribution in [3.05, 3.63) is 89.2 Å². The summed E-state index contributed by atoms with van der Waals surface area (Å²) in [6, 6.07) is 17.8. The Balaban J connectivity index is 1.52. The molecule has 1 aromatic heterocycles. The summed E-state index contributed by atoms with van der Waals surface area (Å²) in [6.07, 6.45) is 4.42. The average molecular weight is 346 g/mol. The van der Waals surface area contributed by atoms with Crippen LogP contribution in [0, 0.1) is 13.8 Å². The molecule has 2 aromatic carbocycles. The Bertz CT molecular complexity index is 874. The Kier molecular flexibility index (Phi) is 5.64. The van der Waals surface area contributed by atoms with Gasteiger partial charge in [-0.1, -0.05) is 29.8 Å². The van der Waals surface area contributed by atoms with Gasteiger partial charge in [0.2, 0.25) is 0 Å². The molecule has 0 aliphatic carbocycles. The Morgan fingerprint density at radius 3 is 2.35 bits per heavy atom. The van der Waals surface area contributed by atoms with Crippen LogP contribution in [0.5, 0.6) is 5.75 Å². The van der Waals surface area contributed by atoms with Crippen molar-refractivity contribution in [2.24, 2.45) is 0 Å². The van der Waals surface area contributed by atoms with E-state index >= 15 is 0 Å². The van der Waals surface area contributed by atoms with E-state index in [9.17, 15) is 4.79 Å². The molecule has 132 valence electrons. The highest BCUT2D eigenvalue weighted by Gasteiger charge is 2.06. The molecule has 0 radical (unpaired) electrons. The Morgan fingerprint density at radius 1 is 0.962 bits per heavy atom. The predicted octanol–water partition coefficient (Wildman–Crippen LogP) is 4.31. The lowest BCUT2D eigenvalue weighted by atomic mass is 10.1. The van der Waals surface area contributed by atoms with Crippen LogP contribution in [0.2, 0.25) is 0 Å². The van der Waals surface area contributed by atoms with Crippen molar-refractivity contribution in [3.63, 3.8) is 0 Å². The second kappa shape index (κ2) is 8.30. The molecule has 0 spiro atoms. The van der Waals surface area contributed by atoms with E-state index in [1.165, 1.54) is 16.7 Å². The summed E-state index contributed by atoms with van der Waals surface area (Å²) in [6.45, 7) is 3.99. The molecule has 0 aliphatic rings. The number of ether oxygens (including phenoxy) is 1. The van der Waals surface area contributed by atoms with Crippen LogP contribution in [0.15, 0.2) is 67.0 Å². The standard InChI is InChI=1S/C22H22N2O2/c1-16-3-8-21(17(2)13-16)26-15-22(25)24-20-6-4-18(5-7-20)14-19-9-11-23-12-10-19/h3-13H,14-15H2,1-2H3,(H,24,25). The van der Waals surface area contributed by atoms with Crippen molar-refractivity contribution in [1.29, 1.82) is 0 Å². The first-order valence-corrected chi connectivity index (χ1v) is 8.58. The molecule has 0 fully saturated rings. The first-order chi connectivity index (χ1) is 12.6. The van der Waals surface area contributed by atoms with E-state index in [4.69, 9.17) is 4.74 Å². The van der Waals surface area contributed by atoms with E-state index in [0.29, 0.717) is 0 Å². The van der Waals surface area contributed by atoms with Gasteiger partial charge in [0.1, 0.15) is 5.75 Å². The lowest BCUT2D eigenvalue weighted by molar-refractivity contribution is -0.118. The van der Waals surface area contributed by atoms with Gasteiger partial charge in [-0.2, -0.15) is 0 Å². The van der Waals surface area contributed by atoms with E-state index in [0.717, 1.165) is 23.4 Å². The number of amides is 1. The molecule has 3 aromatic rings. The summed E-state index contributed by atoms with van der Waals surface area (Å²) in [5.74, 6) is 0.560. The third-order valence-electron chi connectivity index (χ3n) is 4.08. The zero-order chi connectivity index (χ0) is 18.4. The molecule has 3 rings (SSSR count). The van der Waals surface area contributed by atoms with Crippen LogP contribution in [0.4, 0.5) is 5.69 Å². The maximum Gasteiger partial charge on any atom is 0.262 e. The van der Waals surface area contributed by atoms with Crippen molar-refractivity contribution >= 4 is 11.6 Å². The molecule has 0 bridgehead atoms. The average Bonchev–Trinajstić information content (AvgIpc) is 2.63. The number of anilines is 1. The number of carbonyl (C=O) groups excluding carboxylic acids is 1. The molecule has 0 saturated carbocycles. The lowest BCUT2D eigenvalue weighted by Crippen LogP contribution is -2.20. The fraction of sp³-hybridized carbons (Fsp3) is 0.182. The number of carbonyl (C=O) groups is 1. The zero-order valence-electron chi connectivity index (χ0n) is 15.0. The van der Waals surface area contributed by atoms with Crippen LogP contribution in [-0.2, 0) is 11.2 Å². The third-order valence-corrected chi connectivity index (χ3v) is 4.08. The summed E-state index contributed by atoms with van der Waals surface area (Å²) in [4.78, 5) is 16.1. The highest BCUT2D eigenvalue weighted by atomic mass is 16.5. The molecule has 0 aliphatic heterocycles. The van der Waals surface area contributed by atoms with Gasteiger partial charge in [-0.3, -0.25) is 9.78 Å². The van der Waals surface area contributed by atoms with Gasteiger partial charge >= 0.3 is 0 Å². The molecule has 1 N–H and O–H groups in total. The number of pyridine rings is 1. The molecule has 26 heavy (non-hydrogen) atoms. The Labute approximate surface area is 153 Å². The number of nitrogens with zero attached hydrogens (tertiary/aromatic N) is 1. The fourth-order valence-electron chi connectivity index (χ4n) is 2.74. The molecule has 0 saturated heterocycles. The summed E-state index contributed by atoms with van der Waals surface area (Å²) in [5.41, 5.74) is 5.35. The van der Waals surface area contributed by atoms with Crippen molar-refractivity contribution in [2.75, 3.05) is 11.9 Å². The van der Waals surface area contributed by atoms with Crippen LogP contribution in [0.3, 0.4) is 0 Å². The second-order valence-corrected chi connectivity index (χ2v) is 6.33. The number of hydrogen-bond acceptors (Lipinski definition) is 3. The van der Waals surface area contributed by atoms with Gasteiger partial charge in [-0.05, 0) is 67.3 Å². The SMILES string of the molecule is Cc1ccc(OCC(=O)Nc2ccc(Cc3ccncc3)cc2)c(C)c1. The van der Waals surface area contributed by atoms with Gasteiger partial charge in [-0.15, -0.1) is 0 Å². The molecule has 1 amide bonds. The zero-order valence-corrected chi connectivity index (χ0v) is 15.0. The number of rotatable bonds is 6. The smallest absolute Gasteiger partial charge is 0.262 e. The first kappa shape index (κ1) is 17.7. The van der Waals surface area contributed by atoms with E-state index in [2.05, 4.69) is 10.3 Å². The van der Waals surface area contributed by atoms with E-state index < -0.39 is 0 Å². The highest BCUT2D eigenvalue weighted by molar-refractivity contribution is 5.91. The largest absolute Gasteiger partial charge is 0.483 e. The minimum absolute atomic E-state index is 0.0112. The van der Waals surface area contributed by atoms with Gasteiger partial charge in [0.25, 0.3) is 5.91 Å². The number of aromatic nitrogens is 1. The summed E-state index contributed by atoms with van der Waals surface area (Å²) in [7, 11) is 0. The number of benzene rings is 2. The summed E-state index contributed by atoms with van der Waals surface area (Å²) < 4.78 is 5.61. The first-order valence-electron chi connectivity index (χ1n) is 8.58. The van der Waals surface area contributed by atoms with Crippen LogP contribution in [0.1, 0.15) is 22.3 Å². The predicted molar refractivity (Wildman–Crippen MR) is 104 cm³/mol. The van der Waals surface area contributed by atoms with Gasteiger partial charge in [0.15, 0.2) is 6.61 Å². The highest BCUT2D eigenvalue weighted by Crippen LogP contribution is 2.19. The van der Waals surface area contributed by atoms with Crippen LogP contribution >= 0.6 is 0 Å². The molecule has 0 atom stereocenters. The van der Waals surface area contributed by atoms with Crippen LogP contribution < -0.4 is 10.1 Å². The fourth-order valence-corrected chi connectivity index (χ4v) is 2.74. The van der Waals surface area contributed by atoms with E-state index in [1.54, 1.807) is 12.4 Å². The van der Waals surface area contributed by atoms with Crippen LogP contribution in [-0.4, -0.2) is 17.5 Å². The molecule has 4 nitrogen and oxygen atoms in total. The molecular formula is C22H22N2O2. The third kappa shape index (κ3) is 4.93. The molecule has 4 heteroatoms. The van der Waals surface area contributed by atoms with Gasteiger partial charge < -0.3 is 10.1 Å². The summed E-state index contributed by atoms with van der Waals surface area (Å²) >= 11 is 0. The van der Waals surface area contributed by atoms with Crippen LogP contribution in [0.25, 0.3) is 0 Å². The monoisotopic (exact) mass is 346 g/mol. The van der Waals surface area contributed by atoms with Crippen molar-refractivity contribution in [2.45, 2.75) is 20.3 Å². The van der Waals surface area contributed by atoms with Gasteiger partial charge in [-0.25, -0.2) is 0 Å². The topological polar surface area (TPSA) is 51.2 Å². The van der Waals surface area contributed by atoms with Gasteiger partial charge in [0.05, 0.1) is 0 Å². The second-order valence-electron chi connectivity index (χ2n) is 6.33. The van der Waals surface area contributed by atoms with Crippen molar-refractivity contribution in [3.8, 4) is 5.75 Å². The minimum atomic E-state index is -0.174. The van der Waals surface area contributed by atoms with E-state index in [-0.39, 0.29) is 12.5 Å².